The molecule has 0 saturated heterocycles. The first kappa shape index (κ1) is 7.69. The average Bonchev–Trinajstić information content (AvgIpc) is 1.78. The number of Topliss-reactive ketones (excluding diaryl/α,β-unsaturated/α-hetero) is 1. The fraction of sp³-hybridized carbons (Fsp3) is 0.857. The molecule has 58 valence electrons. The summed E-state index contributed by atoms with van der Waals surface area (Å²) in [6.45, 7) is 1.49. The number of aliphatic hydroxyl groups excluding tert-OH is 1. The van der Waals surface area contributed by atoms with E-state index in [4.69, 9.17) is 5.11 Å². The van der Waals surface area contributed by atoms with Crippen LogP contribution >= 0.6 is 0 Å². The topological polar surface area (TPSA) is 57.5 Å². The van der Waals surface area contributed by atoms with Gasteiger partial charge in [-0.25, -0.2) is 0 Å². The van der Waals surface area contributed by atoms with Crippen molar-refractivity contribution in [2.75, 3.05) is 0 Å². The summed E-state index contributed by atoms with van der Waals surface area (Å²) < 4.78 is 0. The van der Waals surface area contributed by atoms with Crippen LogP contribution in [-0.4, -0.2) is 27.7 Å². The van der Waals surface area contributed by atoms with Crippen LogP contribution in [0.4, 0.5) is 0 Å². The summed E-state index contributed by atoms with van der Waals surface area (Å²) in [4.78, 5) is 10.8. The molecule has 1 saturated carbocycles. The van der Waals surface area contributed by atoms with Crippen LogP contribution in [0.25, 0.3) is 0 Å². The van der Waals surface area contributed by atoms with Crippen molar-refractivity contribution in [3.63, 3.8) is 0 Å². The molecular weight excluding hydrogens is 132 g/mol. The molecule has 2 atom stereocenters. The maximum Gasteiger partial charge on any atom is 0.135 e. The number of rotatable bonds is 0. The molecule has 0 radical (unpaired) electrons. The van der Waals surface area contributed by atoms with Crippen molar-refractivity contribution in [3.8, 4) is 0 Å². The third-order valence-corrected chi connectivity index (χ3v) is 1.97. The van der Waals surface area contributed by atoms with Gasteiger partial charge in [-0.1, -0.05) is 0 Å². The number of hydrogen-bond donors (Lipinski definition) is 2. The smallest absolute Gasteiger partial charge is 0.135 e. The van der Waals surface area contributed by atoms with Crippen molar-refractivity contribution in [3.05, 3.63) is 0 Å². The molecule has 0 bridgehead atoms. The molecule has 0 heterocycles. The lowest BCUT2D eigenvalue weighted by Gasteiger charge is -2.32. The lowest BCUT2D eigenvalue weighted by molar-refractivity contribution is -0.138. The minimum Gasteiger partial charge on any atom is -0.390 e. The zero-order valence-electron chi connectivity index (χ0n) is 6.00. The number of ketones is 1. The highest BCUT2D eigenvalue weighted by atomic mass is 16.3. The van der Waals surface area contributed by atoms with Crippen LogP contribution < -0.4 is 0 Å². The van der Waals surface area contributed by atoms with Gasteiger partial charge >= 0.3 is 0 Å². The Hall–Kier alpha value is -0.410. The summed E-state index contributed by atoms with van der Waals surface area (Å²) >= 11 is 0. The van der Waals surface area contributed by atoms with Gasteiger partial charge in [0.15, 0.2) is 0 Å². The Morgan fingerprint density at radius 2 is 2.30 bits per heavy atom. The van der Waals surface area contributed by atoms with E-state index in [0.717, 1.165) is 0 Å². The van der Waals surface area contributed by atoms with Crippen LogP contribution in [0.1, 0.15) is 26.2 Å². The highest BCUT2D eigenvalue weighted by Crippen LogP contribution is 2.25. The Morgan fingerprint density at radius 3 is 2.70 bits per heavy atom. The SMILES string of the molecule is C[C@]1(O)CC(=O)CC[C@H]1O. The summed E-state index contributed by atoms with van der Waals surface area (Å²) in [5.41, 5.74) is -1.19. The minimum atomic E-state index is -1.19. The van der Waals surface area contributed by atoms with Gasteiger partial charge < -0.3 is 10.2 Å². The first-order valence-electron chi connectivity index (χ1n) is 3.44. The van der Waals surface area contributed by atoms with Gasteiger partial charge in [0.2, 0.25) is 0 Å². The quantitative estimate of drug-likeness (QED) is 0.497. The normalized spacial score (nSPS) is 41.9. The van der Waals surface area contributed by atoms with Gasteiger partial charge in [0.25, 0.3) is 0 Å². The van der Waals surface area contributed by atoms with E-state index in [9.17, 15) is 9.90 Å². The molecule has 1 rings (SSSR count). The van der Waals surface area contributed by atoms with E-state index in [1.165, 1.54) is 6.92 Å². The summed E-state index contributed by atoms with van der Waals surface area (Å²) in [7, 11) is 0. The van der Waals surface area contributed by atoms with E-state index in [1.54, 1.807) is 0 Å². The van der Waals surface area contributed by atoms with Gasteiger partial charge in [-0.2, -0.15) is 0 Å². The number of carbonyl (C=O) groups excluding carboxylic acids is 1. The monoisotopic (exact) mass is 144 g/mol. The van der Waals surface area contributed by atoms with E-state index in [-0.39, 0.29) is 12.2 Å². The summed E-state index contributed by atoms with van der Waals surface area (Å²) in [6.07, 6.45) is 0.155. The molecular formula is C7H12O3. The lowest BCUT2D eigenvalue weighted by atomic mass is 9.83. The van der Waals surface area contributed by atoms with Crippen molar-refractivity contribution in [2.24, 2.45) is 0 Å². The van der Waals surface area contributed by atoms with Gasteiger partial charge in [0.1, 0.15) is 5.78 Å². The average molecular weight is 144 g/mol. The molecule has 0 aromatic carbocycles. The largest absolute Gasteiger partial charge is 0.390 e. The number of hydrogen-bond acceptors (Lipinski definition) is 3. The molecule has 2 N–H and O–H groups in total. The van der Waals surface area contributed by atoms with E-state index >= 15 is 0 Å². The standard InChI is InChI=1S/C7H12O3/c1-7(10)4-5(8)2-3-6(7)9/h6,9-10H,2-4H2,1H3/t6-,7+/m1/s1. The molecule has 0 unspecified atom stereocenters. The molecule has 0 spiro atoms. The van der Waals surface area contributed by atoms with E-state index in [1.807, 2.05) is 0 Å². The van der Waals surface area contributed by atoms with Crippen molar-refractivity contribution < 1.29 is 15.0 Å². The van der Waals surface area contributed by atoms with E-state index in [2.05, 4.69) is 0 Å². The Balaban J connectivity index is 2.63. The summed E-state index contributed by atoms with van der Waals surface area (Å²) in [5.74, 6) is 0.0373. The Labute approximate surface area is 59.7 Å². The number of aliphatic hydroxyl groups is 2. The highest BCUT2D eigenvalue weighted by Gasteiger charge is 2.36. The van der Waals surface area contributed by atoms with Crippen molar-refractivity contribution in [1.82, 2.24) is 0 Å². The molecule has 0 amide bonds. The van der Waals surface area contributed by atoms with Gasteiger partial charge in [0.05, 0.1) is 11.7 Å². The highest BCUT2D eigenvalue weighted by molar-refractivity contribution is 5.80. The van der Waals surface area contributed by atoms with Crippen LogP contribution in [-0.2, 0) is 4.79 Å². The van der Waals surface area contributed by atoms with Crippen molar-refractivity contribution in [1.29, 1.82) is 0 Å². The van der Waals surface area contributed by atoms with E-state index in [0.29, 0.717) is 12.8 Å². The molecule has 10 heavy (non-hydrogen) atoms. The van der Waals surface area contributed by atoms with Gasteiger partial charge in [0, 0.05) is 12.8 Å². The molecule has 3 nitrogen and oxygen atoms in total. The molecule has 0 aromatic rings. The second kappa shape index (κ2) is 2.32. The van der Waals surface area contributed by atoms with Crippen molar-refractivity contribution >= 4 is 5.78 Å². The third kappa shape index (κ3) is 1.36. The third-order valence-electron chi connectivity index (χ3n) is 1.97. The zero-order valence-corrected chi connectivity index (χ0v) is 6.00. The van der Waals surface area contributed by atoms with Gasteiger partial charge in [-0.15, -0.1) is 0 Å². The molecule has 1 aliphatic carbocycles. The van der Waals surface area contributed by atoms with Crippen LogP contribution in [0.3, 0.4) is 0 Å². The van der Waals surface area contributed by atoms with Gasteiger partial charge in [-0.05, 0) is 13.3 Å². The minimum absolute atomic E-state index is 0.0373. The first-order valence-corrected chi connectivity index (χ1v) is 3.44. The molecule has 1 fully saturated rings. The molecule has 0 aromatic heterocycles. The molecule has 0 aliphatic heterocycles. The Morgan fingerprint density at radius 1 is 1.70 bits per heavy atom. The van der Waals surface area contributed by atoms with Crippen molar-refractivity contribution in [2.45, 2.75) is 37.9 Å². The first-order chi connectivity index (χ1) is 4.52. The van der Waals surface area contributed by atoms with Gasteiger partial charge in [-0.3, -0.25) is 4.79 Å². The second-order valence-electron chi connectivity index (χ2n) is 3.13. The molecule has 1 aliphatic rings. The predicted molar refractivity (Wildman–Crippen MR) is 35.5 cm³/mol. The van der Waals surface area contributed by atoms with Crippen LogP contribution in [0.5, 0.6) is 0 Å². The zero-order chi connectivity index (χ0) is 7.78. The summed E-state index contributed by atoms with van der Waals surface area (Å²) in [5, 5.41) is 18.5. The predicted octanol–water partition coefficient (Wildman–Crippen LogP) is -0.149. The second-order valence-corrected chi connectivity index (χ2v) is 3.13. The maximum absolute atomic E-state index is 10.8. The number of carbonyl (C=O) groups is 1. The fourth-order valence-electron chi connectivity index (χ4n) is 1.21. The lowest BCUT2D eigenvalue weighted by Crippen LogP contribution is -2.44. The molecule has 3 heteroatoms. The van der Waals surface area contributed by atoms with E-state index < -0.39 is 11.7 Å². The van der Waals surface area contributed by atoms with Crippen LogP contribution in [0.15, 0.2) is 0 Å². The Kier molecular flexibility index (Phi) is 1.79. The Bertz CT molecular complexity index is 151. The van der Waals surface area contributed by atoms with Crippen LogP contribution in [0.2, 0.25) is 0 Å². The van der Waals surface area contributed by atoms with Crippen LogP contribution in [0, 0.1) is 0 Å². The fourth-order valence-corrected chi connectivity index (χ4v) is 1.21. The summed E-state index contributed by atoms with van der Waals surface area (Å²) in [6, 6.07) is 0. The maximum atomic E-state index is 10.8.